The zero-order valence-corrected chi connectivity index (χ0v) is 10.8. The third-order valence-electron chi connectivity index (χ3n) is 3.30. The lowest BCUT2D eigenvalue weighted by Crippen LogP contribution is -2.28. The molecular formula is C13H16F3N3O. The smallest absolute Gasteiger partial charge is 0.369 e. The van der Waals surface area contributed by atoms with E-state index in [1.54, 1.807) is 11.0 Å². The zero-order valence-electron chi connectivity index (χ0n) is 10.8. The molecular weight excluding hydrogens is 271 g/mol. The van der Waals surface area contributed by atoms with Crippen LogP contribution >= 0.6 is 0 Å². The molecule has 20 heavy (non-hydrogen) atoms. The molecule has 1 aromatic carbocycles. The fourth-order valence-corrected chi connectivity index (χ4v) is 2.23. The first-order chi connectivity index (χ1) is 9.41. The predicted octanol–water partition coefficient (Wildman–Crippen LogP) is 1.49. The Morgan fingerprint density at radius 3 is 2.70 bits per heavy atom. The molecule has 110 valence electrons. The number of anilines is 1. The van der Waals surface area contributed by atoms with Crippen molar-refractivity contribution >= 4 is 11.6 Å². The van der Waals surface area contributed by atoms with Crippen molar-refractivity contribution in [2.24, 2.45) is 5.73 Å². The minimum atomic E-state index is -4.43. The quantitative estimate of drug-likeness (QED) is 0.866. The number of benzene rings is 1. The number of carbonyl (C=O) groups is 1. The van der Waals surface area contributed by atoms with E-state index in [-0.39, 0.29) is 24.4 Å². The second-order valence-electron chi connectivity index (χ2n) is 4.63. The standard InChI is InChI=1S/C13H16F3N3O/c14-13(15,16)11-7-10(2-1-9(11)8-17)19-5-3-12(20)18-4-6-19/h1-2,7H,3-6,8,17H2,(H,18,20). The Morgan fingerprint density at radius 1 is 1.30 bits per heavy atom. The van der Waals surface area contributed by atoms with Crippen LogP contribution in [-0.2, 0) is 17.5 Å². The monoisotopic (exact) mass is 287 g/mol. The summed E-state index contributed by atoms with van der Waals surface area (Å²) in [6.07, 6.45) is -4.15. The Morgan fingerprint density at radius 2 is 2.05 bits per heavy atom. The van der Waals surface area contributed by atoms with E-state index < -0.39 is 11.7 Å². The molecule has 1 fully saturated rings. The SMILES string of the molecule is NCc1ccc(N2CCNC(=O)CC2)cc1C(F)(F)F. The van der Waals surface area contributed by atoms with Crippen LogP contribution < -0.4 is 16.0 Å². The highest BCUT2D eigenvalue weighted by Gasteiger charge is 2.33. The molecule has 0 atom stereocenters. The van der Waals surface area contributed by atoms with Gasteiger partial charge in [-0.2, -0.15) is 13.2 Å². The van der Waals surface area contributed by atoms with Crippen LogP contribution in [0.3, 0.4) is 0 Å². The summed E-state index contributed by atoms with van der Waals surface area (Å²) in [4.78, 5) is 13.0. The molecule has 0 bridgehead atoms. The van der Waals surface area contributed by atoms with Crippen LogP contribution in [0.5, 0.6) is 0 Å². The number of halogens is 3. The number of nitrogens with zero attached hydrogens (tertiary/aromatic N) is 1. The summed E-state index contributed by atoms with van der Waals surface area (Å²) in [5, 5.41) is 2.69. The number of rotatable bonds is 2. The highest BCUT2D eigenvalue weighted by atomic mass is 19.4. The van der Waals surface area contributed by atoms with E-state index >= 15 is 0 Å². The molecule has 0 aromatic heterocycles. The number of alkyl halides is 3. The highest BCUT2D eigenvalue weighted by molar-refractivity contribution is 5.77. The van der Waals surface area contributed by atoms with E-state index in [0.717, 1.165) is 6.07 Å². The summed E-state index contributed by atoms with van der Waals surface area (Å²) in [7, 11) is 0. The summed E-state index contributed by atoms with van der Waals surface area (Å²) in [5.41, 5.74) is 5.18. The maximum absolute atomic E-state index is 13.0. The third-order valence-corrected chi connectivity index (χ3v) is 3.30. The van der Waals surface area contributed by atoms with Gasteiger partial charge in [-0.1, -0.05) is 6.07 Å². The average Bonchev–Trinajstić information content (AvgIpc) is 2.62. The summed E-state index contributed by atoms with van der Waals surface area (Å²) in [5.74, 6) is -0.0814. The molecule has 1 heterocycles. The summed E-state index contributed by atoms with van der Waals surface area (Å²) < 4.78 is 39.0. The molecule has 7 heteroatoms. The highest BCUT2D eigenvalue weighted by Crippen LogP contribution is 2.34. The van der Waals surface area contributed by atoms with Gasteiger partial charge in [0.05, 0.1) is 5.56 Å². The van der Waals surface area contributed by atoms with E-state index in [2.05, 4.69) is 5.32 Å². The molecule has 1 aliphatic heterocycles. The van der Waals surface area contributed by atoms with Crippen molar-refractivity contribution in [2.75, 3.05) is 24.5 Å². The van der Waals surface area contributed by atoms with Crippen molar-refractivity contribution < 1.29 is 18.0 Å². The zero-order chi connectivity index (χ0) is 14.8. The lowest BCUT2D eigenvalue weighted by Gasteiger charge is -2.24. The first-order valence-corrected chi connectivity index (χ1v) is 6.33. The average molecular weight is 287 g/mol. The van der Waals surface area contributed by atoms with Crippen LogP contribution in [0.4, 0.5) is 18.9 Å². The molecule has 0 saturated carbocycles. The molecule has 0 radical (unpaired) electrons. The summed E-state index contributed by atoms with van der Waals surface area (Å²) in [6, 6.07) is 4.13. The maximum atomic E-state index is 13.0. The maximum Gasteiger partial charge on any atom is 0.416 e. The second-order valence-corrected chi connectivity index (χ2v) is 4.63. The number of hydrogen-bond donors (Lipinski definition) is 2. The lowest BCUT2D eigenvalue weighted by molar-refractivity contribution is -0.138. The van der Waals surface area contributed by atoms with Gasteiger partial charge in [0.25, 0.3) is 0 Å². The Balaban J connectivity index is 2.30. The third kappa shape index (κ3) is 3.22. The van der Waals surface area contributed by atoms with Crippen molar-refractivity contribution in [3.05, 3.63) is 29.3 Å². The van der Waals surface area contributed by atoms with Gasteiger partial charge in [-0.15, -0.1) is 0 Å². The van der Waals surface area contributed by atoms with Crippen molar-refractivity contribution in [1.29, 1.82) is 0 Å². The molecule has 0 spiro atoms. The number of nitrogens with one attached hydrogen (secondary N) is 1. The number of amides is 1. The largest absolute Gasteiger partial charge is 0.416 e. The first kappa shape index (κ1) is 14.6. The number of nitrogens with two attached hydrogens (primary N) is 1. The number of hydrogen-bond acceptors (Lipinski definition) is 3. The topological polar surface area (TPSA) is 58.4 Å². The van der Waals surface area contributed by atoms with Gasteiger partial charge in [0.1, 0.15) is 0 Å². The van der Waals surface area contributed by atoms with E-state index in [1.807, 2.05) is 0 Å². The van der Waals surface area contributed by atoms with Gasteiger partial charge in [0.2, 0.25) is 5.91 Å². The molecule has 4 nitrogen and oxygen atoms in total. The lowest BCUT2D eigenvalue weighted by atomic mass is 10.1. The molecule has 3 N–H and O–H groups in total. The number of carbonyl (C=O) groups excluding carboxylic acids is 1. The van der Waals surface area contributed by atoms with E-state index in [4.69, 9.17) is 5.73 Å². The van der Waals surface area contributed by atoms with E-state index in [9.17, 15) is 18.0 Å². The van der Waals surface area contributed by atoms with Crippen molar-refractivity contribution in [2.45, 2.75) is 19.1 Å². The van der Waals surface area contributed by atoms with Crippen LogP contribution in [0.25, 0.3) is 0 Å². The van der Waals surface area contributed by atoms with Crippen molar-refractivity contribution in [3.8, 4) is 0 Å². The Bertz CT molecular complexity index is 502. The van der Waals surface area contributed by atoms with Crippen LogP contribution in [-0.4, -0.2) is 25.5 Å². The minimum Gasteiger partial charge on any atom is -0.369 e. The van der Waals surface area contributed by atoms with Crippen LogP contribution in [0, 0.1) is 0 Å². The Labute approximate surface area is 114 Å². The predicted molar refractivity (Wildman–Crippen MR) is 69.2 cm³/mol. The summed E-state index contributed by atoms with van der Waals surface area (Å²) >= 11 is 0. The molecule has 1 amide bonds. The van der Waals surface area contributed by atoms with Crippen molar-refractivity contribution in [1.82, 2.24) is 5.32 Å². The molecule has 0 aliphatic carbocycles. The van der Waals surface area contributed by atoms with Gasteiger partial charge in [-0.3, -0.25) is 4.79 Å². The molecule has 2 rings (SSSR count). The van der Waals surface area contributed by atoms with E-state index in [0.29, 0.717) is 25.3 Å². The fraction of sp³-hybridized carbons (Fsp3) is 0.462. The molecule has 1 aromatic rings. The van der Waals surface area contributed by atoms with Gasteiger partial charge in [0, 0.05) is 38.3 Å². The van der Waals surface area contributed by atoms with Gasteiger partial charge < -0.3 is 16.0 Å². The van der Waals surface area contributed by atoms with Gasteiger partial charge in [0.15, 0.2) is 0 Å². The van der Waals surface area contributed by atoms with Gasteiger partial charge in [-0.05, 0) is 17.7 Å². The Hall–Kier alpha value is -1.76. The van der Waals surface area contributed by atoms with Crippen LogP contribution in [0.15, 0.2) is 18.2 Å². The summed E-state index contributed by atoms with van der Waals surface area (Å²) in [6.45, 7) is 1.17. The minimum absolute atomic E-state index is 0.0743. The fourth-order valence-electron chi connectivity index (χ4n) is 2.23. The first-order valence-electron chi connectivity index (χ1n) is 6.33. The molecule has 1 saturated heterocycles. The van der Waals surface area contributed by atoms with Gasteiger partial charge >= 0.3 is 6.18 Å². The second kappa shape index (κ2) is 5.70. The van der Waals surface area contributed by atoms with E-state index in [1.165, 1.54) is 6.07 Å². The normalized spacial score (nSPS) is 16.8. The van der Waals surface area contributed by atoms with Crippen molar-refractivity contribution in [3.63, 3.8) is 0 Å². The van der Waals surface area contributed by atoms with Crippen LogP contribution in [0.2, 0.25) is 0 Å². The van der Waals surface area contributed by atoms with Gasteiger partial charge in [-0.25, -0.2) is 0 Å². The molecule has 0 unspecified atom stereocenters. The molecule has 1 aliphatic rings. The van der Waals surface area contributed by atoms with Crippen LogP contribution in [0.1, 0.15) is 17.5 Å². The Kier molecular flexibility index (Phi) is 4.17.